The third kappa shape index (κ3) is 2.95. The number of hydrogen-bond acceptors (Lipinski definition) is 2. The topological polar surface area (TPSA) is 38.3 Å². The molecule has 1 heterocycles. The van der Waals surface area contributed by atoms with Gasteiger partial charge in [0.1, 0.15) is 6.10 Å². The lowest BCUT2D eigenvalue weighted by atomic mass is 10.0. The fraction of sp³-hybridized carbons (Fsp3) is 0.900. The minimum atomic E-state index is -0.256. The van der Waals surface area contributed by atoms with Crippen LogP contribution in [0.15, 0.2) is 0 Å². The van der Waals surface area contributed by atoms with E-state index < -0.39 is 0 Å². The smallest absolute Gasteiger partial charge is 0.249 e. The summed E-state index contributed by atoms with van der Waals surface area (Å²) in [5.41, 5.74) is -0.206. The molecule has 4 heteroatoms. The van der Waals surface area contributed by atoms with Crippen LogP contribution >= 0.6 is 15.9 Å². The molecule has 0 bridgehead atoms. The van der Waals surface area contributed by atoms with Gasteiger partial charge >= 0.3 is 0 Å². The number of nitrogens with one attached hydrogen (secondary N) is 1. The molecule has 0 aromatic heterocycles. The van der Waals surface area contributed by atoms with Crippen molar-refractivity contribution in [2.24, 2.45) is 5.92 Å². The number of halogens is 1. The van der Waals surface area contributed by atoms with E-state index in [1.54, 1.807) is 0 Å². The van der Waals surface area contributed by atoms with E-state index in [2.05, 4.69) is 28.2 Å². The van der Waals surface area contributed by atoms with E-state index in [-0.39, 0.29) is 17.6 Å². The first kappa shape index (κ1) is 12.0. The molecular formula is C10H18BrNO2. The maximum atomic E-state index is 11.8. The Kier molecular flexibility index (Phi) is 3.95. The number of alkyl halides is 1. The first-order chi connectivity index (χ1) is 6.46. The lowest BCUT2D eigenvalue weighted by Gasteiger charge is -2.26. The molecule has 0 aromatic carbocycles. The van der Waals surface area contributed by atoms with Crippen molar-refractivity contribution in [2.75, 3.05) is 11.9 Å². The van der Waals surface area contributed by atoms with Gasteiger partial charge < -0.3 is 10.1 Å². The van der Waals surface area contributed by atoms with Gasteiger partial charge in [0.15, 0.2) is 0 Å². The molecule has 1 aliphatic rings. The van der Waals surface area contributed by atoms with Gasteiger partial charge in [-0.15, -0.1) is 0 Å². The zero-order chi connectivity index (χ0) is 10.8. The van der Waals surface area contributed by atoms with E-state index in [0.717, 1.165) is 11.8 Å². The first-order valence-electron chi connectivity index (χ1n) is 4.96. The molecule has 1 rings (SSSR count). The number of amides is 1. The Bertz CT molecular complexity index is 218. The molecule has 1 N–H and O–H groups in total. The van der Waals surface area contributed by atoms with Crippen LogP contribution in [0.4, 0.5) is 0 Å². The number of carbonyl (C=O) groups is 1. The summed E-state index contributed by atoms with van der Waals surface area (Å²) in [6.45, 7) is 6.73. The third-order valence-electron chi connectivity index (χ3n) is 2.44. The van der Waals surface area contributed by atoms with Crippen molar-refractivity contribution in [3.05, 3.63) is 0 Å². The molecule has 0 saturated carbocycles. The molecular weight excluding hydrogens is 246 g/mol. The highest BCUT2D eigenvalue weighted by molar-refractivity contribution is 9.09. The highest BCUT2D eigenvalue weighted by atomic mass is 79.9. The highest BCUT2D eigenvalue weighted by Crippen LogP contribution is 2.21. The molecule has 0 spiro atoms. The summed E-state index contributed by atoms with van der Waals surface area (Å²) in [5, 5.41) is 3.71. The Morgan fingerprint density at radius 3 is 2.71 bits per heavy atom. The van der Waals surface area contributed by atoms with Gasteiger partial charge in [-0.25, -0.2) is 0 Å². The molecule has 1 fully saturated rings. The van der Waals surface area contributed by atoms with Crippen LogP contribution in [0.1, 0.15) is 27.2 Å². The van der Waals surface area contributed by atoms with Crippen molar-refractivity contribution in [1.29, 1.82) is 0 Å². The zero-order valence-electron chi connectivity index (χ0n) is 8.97. The molecule has 2 unspecified atom stereocenters. The van der Waals surface area contributed by atoms with Gasteiger partial charge in [0, 0.05) is 17.5 Å². The number of hydrogen-bond donors (Lipinski definition) is 1. The predicted octanol–water partition coefficient (Wildman–Crippen LogP) is 1.70. The minimum Gasteiger partial charge on any atom is -0.368 e. The van der Waals surface area contributed by atoms with Crippen LogP contribution in [-0.2, 0) is 9.53 Å². The highest BCUT2D eigenvalue weighted by Gasteiger charge is 2.33. The average molecular weight is 264 g/mol. The van der Waals surface area contributed by atoms with E-state index in [1.165, 1.54) is 0 Å². The van der Waals surface area contributed by atoms with Gasteiger partial charge in [0.25, 0.3) is 0 Å². The zero-order valence-corrected chi connectivity index (χ0v) is 10.6. The molecule has 1 aliphatic heterocycles. The van der Waals surface area contributed by atoms with Gasteiger partial charge in [0.05, 0.1) is 0 Å². The summed E-state index contributed by atoms with van der Waals surface area (Å²) in [6, 6.07) is 0. The quantitative estimate of drug-likeness (QED) is 0.788. The van der Waals surface area contributed by atoms with Gasteiger partial charge in [0.2, 0.25) is 5.91 Å². The van der Waals surface area contributed by atoms with Crippen molar-refractivity contribution < 1.29 is 9.53 Å². The predicted molar refractivity (Wildman–Crippen MR) is 59.5 cm³/mol. The molecule has 0 aromatic rings. The summed E-state index contributed by atoms with van der Waals surface area (Å²) < 4.78 is 5.39. The van der Waals surface area contributed by atoms with Crippen LogP contribution < -0.4 is 5.32 Å². The van der Waals surface area contributed by atoms with E-state index >= 15 is 0 Å². The van der Waals surface area contributed by atoms with Crippen molar-refractivity contribution in [3.8, 4) is 0 Å². The van der Waals surface area contributed by atoms with Gasteiger partial charge in [-0.1, -0.05) is 22.9 Å². The molecule has 0 radical (unpaired) electrons. The van der Waals surface area contributed by atoms with Crippen LogP contribution in [0.2, 0.25) is 0 Å². The van der Waals surface area contributed by atoms with Crippen LogP contribution in [0, 0.1) is 5.92 Å². The van der Waals surface area contributed by atoms with E-state index in [9.17, 15) is 4.79 Å². The van der Waals surface area contributed by atoms with Crippen molar-refractivity contribution in [3.63, 3.8) is 0 Å². The molecule has 1 amide bonds. The summed E-state index contributed by atoms with van der Waals surface area (Å²) in [5.74, 6) is 0.348. The fourth-order valence-corrected chi connectivity index (χ4v) is 1.61. The second-order valence-electron chi connectivity index (χ2n) is 4.56. The van der Waals surface area contributed by atoms with Crippen LogP contribution in [0.25, 0.3) is 0 Å². The van der Waals surface area contributed by atoms with Gasteiger partial charge in [-0.3, -0.25) is 4.79 Å². The normalized spacial score (nSPS) is 27.7. The summed E-state index contributed by atoms with van der Waals surface area (Å²) in [6.07, 6.45) is 0.723. The summed E-state index contributed by atoms with van der Waals surface area (Å²) in [4.78, 5) is 11.8. The van der Waals surface area contributed by atoms with Gasteiger partial charge in [-0.2, -0.15) is 0 Å². The Hall–Kier alpha value is -0.0900. The van der Waals surface area contributed by atoms with Gasteiger partial charge in [-0.05, 0) is 26.2 Å². The SMILES string of the molecule is CC1CCOC1C(=O)NC(C)(C)CBr. The molecule has 3 nitrogen and oxygen atoms in total. The van der Waals surface area contributed by atoms with Crippen LogP contribution in [0.3, 0.4) is 0 Å². The first-order valence-corrected chi connectivity index (χ1v) is 6.08. The Morgan fingerprint density at radius 1 is 1.64 bits per heavy atom. The summed E-state index contributed by atoms with van der Waals surface area (Å²) >= 11 is 3.37. The number of ether oxygens (including phenoxy) is 1. The summed E-state index contributed by atoms with van der Waals surface area (Å²) in [7, 11) is 0. The Labute approximate surface area is 93.7 Å². The Balaban J connectivity index is 2.49. The maximum absolute atomic E-state index is 11.8. The van der Waals surface area contributed by atoms with Crippen molar-refractivity contribution >= 4 is 21.8 Å². The van der Waals surface area contributed by atoms with E-state index in [4.69, 9.17) is 4.74 Å². The van der Waals surface area contributed by atoms with Crippen LogP contribution in [-0.4, -0.2) is 29.5 Å². The maximum Gasteiger partial charge on any atom is 0.249 e. The molecule has 0 aliphatic carbocycles. The van der Waals surface area contributed by atoms with Crippen molar-refractivity contribution in [2.45, 2.75) is 38.8 Å². The lowest BCUT2D eigenvalue weighted by molar-refractivity contribution is -0.132. The number of rotatable bonds is 3. The standard InChI is InChI=1S/C10H18BrNO2/c1-7-4-5-14-8(7)9(13)12-10(2,3)6-11/h7-8H,4-6H2,1-3H3,(H,12,13). The second-order valence-corrected chi connectivity index (χ2v) is 5.12. The fourth-order valence-electron chi connectivity index (χ4n) is 1.47. The monoisotopic (exact) mass is 263 g/mol. The van der Waals surface area contributed by atoms with Crippen LogP contribution in [0.5, 0.6) is 0 Å². The lowest BCUT2D eigenvalue weighted by Crippen LogP contribution is -2.50. The molecule has 1 saturated heterocycles. The average Bonchev–Trinajstić information content (AvgIpc) is 2.51. The number of carbonyl (C=O) groups excluding carboxylic acids is 1. The molecule has 14 heavy (non-hydrogen) atoms. The minimum absolute atomic E-state index is 0.0134. The largest absolute Gasteiger partial charge is 0.368 e. The van der Waals surface area contributed by atoms with E-state index in [1.807, 2.05) is 13.8 Å². The second kappa shape index (κ2) is 4.62. The Morgan fingerprint density at radius 2 is 2.29 bits per heavy atom. The molecule has 82 valence electrons. The molecule has 2 atom stereocenters. The van der Waals surface area contributed by atoms with Crippen molar-refractivity contribution in [1.82, 2.24) is 5.32 Å². The van der Waals surface area contributed by atoms with E-state index in [0.29, 0.717) is 12.5 Å². The third-order valence-corrected chi connectivity index (χ3v) is 3.84.